The summed E-state index contributed by atoms with van der Waals surface area (Å²) in [5.74, 6) is -1.79. The third kappa shape index (κ3) is 6.37. The molecule has 0 radical (unpaired) electrons. The SMILES string of the molecule is C=CC1=C(C=C)c2cc3[n-]c(cc4[n-]c(cc5nc(cc1n2)C(CC)=C5CC)c(C)c4CCC(=O)O)c(CCC(=O)O)c3C.[Fe+2]. The molecule has 9 heteroatoms. The molecule has 0 saturated heterocycles. The first-order chi connectivity index (χ1) is 21.1. The number of carbonyl (C=O) groups is 2. The van der Waals surface area contributed by atoms with Gasteiger partial charge in [0.25, 0.3) is 0 Å². The standard InChI is InChI=1S/C36H38N4O4.Fe/c1-7-21-23(9-3)31-17-32-24(10-4)22(8-2)30(40-32)16-28-20(6)26(12-14-36(43)44)34(38-28)18-33-25(11-13-35(41)42)19(5)27(37-33)15-29(21)39-31;/h7,9,15-18H,1,3,8,10-14H2,2,4-6H3,(H4,37,38,39,40,41,42,43,44);/q;+2/p-2. The average molecular weight is 645 g/mol. The van der Waals surface area contributed by atoms with E-state index in [4.69, 9.17) is 19.9 Å². The van der Waals surface area contributed by atoms with Crippen LogP contribution in [0, 0.1) is 13.8 Å². The maximum Gasteiger partial charge on any atom is 2.00 e. The van der Waals surface area contributed by atoms with Crippen LogP contribution in [0.4, 0.5) is 0 Å². The Balaban J connectivity index is 0.00000461. The van der Waals surface area contributed by atoms with Crippen LogP contribution in [0.1, 0.15) is 84.6 Å². The summed E-state index contributed by atoms with van der Waals surface area (Å²) in [7, 11) is 0. The Morgan fingerprint density at radius 1 is 0.689 bits per heavy atom. The minimum Gasteiger partial charge on any atom is -0.657 e. The van der Waals surface area contributed by atoms with E-state index in [1.54, 1.807) is 12.2 Å². The van der Waals surface area contributed by atoms with Gasteiger partial charge in [-0.15, -0.1) is 22.1 Å². The van der Waals surface area contributed by atoms with E-state index in [1.807, 2.05) is 38.1 Å². The molecule has 0 amide bonds. The molecular weight excluding hydrogens is 608 g/mol. The summed E-state index contributed by atoms with van der Waals surface area (Å²) in [5.41, 5.74) is 13.1. The molecule has 5 heterocycles. The van der Waals surface area contributed by atoms with Crippen LogP contribution >= 0.6 is 0 Å². The molecule has 3 aromatic rings. The molecule has 8 bridgehead atoms. The Bertz CT molecular complexity index is 1960. The number of fused-ring (bicyclic) bond motifs is 8. The van der Waals surface area contributed by atoms with Crippen molar-refractivity contribution in [2.24, 2.45) is 0 Å². The van der Waals surface area contributed by atoms with E-state index < -0.39 is 11.9 Å². The molecule has 0 aromatic carbocycles. The van der Waals surface area contributed by atoms with E-state index in [0.29, 0.717) is 28.7 Å². The van der Waals surface area contributed by atoms with Crippen molar-refractivity contribution in [2.45, 2.75) is 66.2 Å². The largest absolute Gasteiger partial charge is 2.00 e. The number of aliphatic carboxylic acids is 2. The van der Waals surface area contributed by atoms with Crippen molar-refractivity contribution >= 4 is 56.3 Å². The Hall–Kier alpha value is -4.46. The van der Waals surface area contributed by atoms with Crippen LogP contribution in [0.15, 0.2) is 49.6 Å². The van der Waals surface area contributed by atoms with Crippen molar-refractivity contribution in [2.75, 3.05) is 0 Å². The smallest absolute Gasteiger partial charge is 0.657 e. The van der Waals surface area contributed by atoms with Gasteiger partial charge >= 0.3 is 29.0 Å². The predicted octanol–water partition coefficient (Wildman–Crippen LogP) is 7.24. The van der Waals surface area contributed by atoms with Crippen molar-refractivity contribution in [3.63, 3.8) is 0 Å². The van der Waals surface area contributed by atoms with Crippen LogP contribution in [-0.4, -0.2) is 32.1 Å². The summed E-state index contributed by atoms with van der Waals surface area (Å²) >= 11 is 0. The minimum atomic E-state index is -0.899. The van der Waals surface area contributed by atoms with Crippen LogP contribution in [0.25, 0.3) is 44.4 Å². The van der Waals surface area contributed by atoms with Crippen LogP contribution < -0.4 is 9.97 Å². The second kappa shape index (κ2) is 13.7. The molecule has 0 unspecified atom stereocenters. The molecule has 0 aliphatic carbocycles. The van der Waals surface area contributed by atoms with Crippen molar-refractivity contribution in [1.29, 1.82) is 0 Å². The number of aromatic nitrogens is 4. The van der Waals surface area contributed by atoms with Gasteiger partial charge in [0.15, 0.2) is 0 Å². The molecule has 2 aliphatic heterocycles. The molecule has 2 aliphatic rings. The molecule has 0 atom stereocenters. The summed E-state index contributed by atoms with van der Waals surface area (Å²) in [6.07, 6.45) is 5.62. The van der Waals surface area contributed by atoms with E-state index in [9.17, 15) is 19.8 Å². The van der Waals surface area contributed by atoms with Crippen molar-refractivity contribution in [3.8, 4) is 0 Å². The molecule has 0 spiro atoms. The van der Waals surface area contributed by atoms with Gasteiger partial charge in [-0.3, -0.25) is 9.59 Å². The summed E-state index contributed by atoms with van der Waals surface area (Å²) in [6.45, 7) is 16.2. The maximum absolute atomic E-state index is 11.6. The number of carboxylic acid groups (broad SMARTS) is 2. The van der Waals surface area contributed by atoms with Gasteiger partial charge in [0.05, 0.1) is 22.8 Å². The number of hydrogen-bond donors (Lipinski definition) is 2. The van der Waals surface area contributed by atoms with Gasteiger partial charge in [-0.1, -0.05) is 79.6 Å². The monoisotopic (exact) mass is 644 g/mol. The summed E-state index contributed by atoms with van der Waals surface area (Å²) in [6, 6.07) is 7.75. The van der Waals surface area contributed by atoms with Gasteiger partial charge in [0, 0.05) is 24.0 Å². The molecule has 0 saturated carbocycles. The predicted molar refractivity (Wildman–Crippen MR) is 175 cm³/mol. The van der Waals surface area contributed by atoms with E-state index >= 15 is 0 Å². The number of allylic oxidation sites excluding steroid dienone is 6. The maximum atomic E-state index is 11.6. The molecule has 8 nitrogen and oxygen atoms in total. The second-order valence-electron chi connectivity index (χ2n) is 11.0. The van der Waals surface area contributed by atoms with E-state index in [1.165, 1.54) is 0 Å². The van der Waals surface area contributed by atoms with Crippen LogP contribution in [0.5, 0.6) is 0 Å². The quantitative estimate of drug-likeness (QED) is 0.221. The Labute approximate surface area is 273 Å². The zero-order chi connectivity index (χ0) is 31.7. The van der Waals surface area contributed by atoms with Crippen molar-refractivity contribution in [3.05, 3.63) is 94.6 Å². The first kappa shape index (κ1) is 33.4. The number of hydrogen-bond acceptors (Lipinski definition) is 4. The van der Waals surface area contributed by atoms with Crippen LogP contribution in [0.3, 0.4) is 0 Å². The van der Waals surface area contributed by atoms with Gasteiger partial charge < -0.3 is 20.2 Å². The molecule has 0 fully saturated rings. The fourth-order valence-electron chi connectivity index (χ4n) is 6.17. The Kier molecular flexibility index (Phi) is 10.2. The third-order valence-electron chi connectivity index (χ3n) is 8.47. The fraction of sp³-hybridized carbons (Fsp3) is 0.278. The molecule has 5 rings (SSSR count). The zero-order valence-electron chi connectivity index (χ0n) is 26.0. The van der Waals surface area contributed by atoms with Crippen molar-refractivity contribution < 1.29 is 36.9 Å². The Morgan fingerprint density at radius 2 is 1.09 bits per heavy atom. The fourth-order valence-corrected chi connectivity index (χ4v) is 6.17. The first-order valence-corrected chi connectivity index (χ1v) is 14.9. The molecule has 2 N–H and O–H groups in total. The second-order valence-corrected chi connectivity index (χ2v) is 11.0. The normalized spacial score (nSPS) is 12.7. The van der Waals surface area contributed by atoms with Gasteiger partial charge in [-0.2, -0.15) is 0 Å². The number of carboxylic acids is 2. The van der Waals surface area contributed by atoms with E-state index in [0.717, 1.165) is 80.0 Å². The van der Waals surface area contributed by atoms with E-state index in [2.05, 4.69) is 27.0 Å². The molecular formula is C36H36FeN4O4. The number of nitrogens with zero attached hydrogens (tertiary/aromatic N) is 4. The van der Waals surface area contributed by atoms with Gasteiger partial charge in [-0.25, -0.2) is 9.97 Å². The summed E-state index contributed by atoms with van der Waals surface area (Å²) in [4.78, 5) is 43.1. The minimum absolute atomic E-state index is 0. The average Bonchev–Trinajstić information content (AvgIpc) is 3.67. The first-order valence-electron chi connectivity index (χ1n) is 14.9. The number of aryl methyl sites for hydroxylation is 4. The summed E-state index contributed by atoms with van der Waals surface area (Å²) < 4.78 is 0. The molecule has 232 valence electrons. The van der Waals surface area contributed by atoms with Crippen molar-refractivity contribution in [1.82, 2.24) is 19.9 Å². The van der Waals surface area contributed by atoms with Gasteiger partial charge in [-0.05, 0) is 56.7 Å². The van der Waals surface area contributed by atoms with Gasteiger partial charge in [0.1, 0.15) is 0 Å². The van der Waals surface area contributed by atoms with Gasteiger partial charge in [0.2, 0.25) is 0 Å². The third-order valence-corrected chi connectivity index (χ3v) is 8.47. The van der Waals surface area contributed by atoms with E-state index in [-0.39, 0.29) is 36.3 Å². The zero-order valence-corrected chi connectivity index (χ0v) is 27.1. The van der Waals surface area contributed by atoms with Crippen LogP contribution in [-0.2, 0) is 39.5 Å². The number of rotatable bonds is 10. The van der Waals surface area contributed by atoms with Crippen LogP contribution in [0.2, 0.25) is 0 Å². The summed E-state index contributed by atoms with van der Waals surface area (Å²) in [5, 5.41) is 19.0. The topological polar surface area (TPSA) is 129 Å². The molecule has 45 heavy (non-hydrogen) atoms. The molecule has 3 aromatic heterocycles. The Morgan fingerprint density at radius 3 is 1.51 bits per heavy atom.